The third kappa shape index (κ3) is 4.48. The molecule has 2 bridgehead atoms. The highest BCUT2D eigenvalue weighted by atomic mass is 35.5. The Morgan fingerprint density at radius 3 is 2.72 bits per heavy atom. The first kappa shape index (κ1) is 24.9. The molecule has 4 atom stereocenters. The molecule has 10 nitrogen and oxygen atoms in total. The number of piperidine rings is 1. The Balaban J connectivity index is 1.24. The monoisotopic (exact) mass is 552 g/mol. The molecule has 1 aliphatic carbocycles. The highest BCUT2D eigenvalue weighted by Crippen LogP contribution is 2.42. The van der Waals surface area contributed by atoms with Crippen LogP contribution in [0.1, 0.15) is 39.0 Å². The number of nitrogens with one attached hydrogen (secondary N) is 2. The Morgan fingerprint density at radius 1 is 1.21 bits per heavy atom. The lowest BCUT2D eigenvalue weighted by atomic mass is 9.83. The van der Waals surface area contributed by atoms with Crippen LogP contribution in [-0.4, -0.2) is 63.2 Å². The van der Waals surface area contributed by atoms with Crippen molar-refractivity contribution in [2.24, 2.45) is 13.0 Å². The number of morpholine rings is 1. The van der Waals surface area contributed by atoms with Crippen LogP contribution in [0.25, 0.3) is 10.9 Å². The minimum absolute atomic E-state index is 0.00979. The maximum Gasteiger partial charge on any atom is 0.295 e. The van der Waals surface area contributed by atoms with Crippen LogP contribution in [0.15, 0.2) is 29.2 Å². The van der Waals surface area contributed by atoms with Gasteiger partial charge in [-0.25, -0.2) is 4.98 Å². The van der Waals surface area contributed by atoms with E-state index < -0.39 is 5.60 Å². The average molecular weight is 553 g/mol. The second-order valence-electron chi connectivity index (χ2n) is 11.7. The molecule has 7 rings (SSSR count). The Hall–Kier alpha value is -3.08. The van der Waals surface area contributed by atoms with E-state index in [2.05, 4.69) is 20.5 Å². The zero-order chi connectivity index (χ0) is 26.9. The van der Waals surface area contributed by atoms with Crippen molar-refractivity contribution in [2.45, 2.75) is 62.8 Å². The molecular formula is C28H33ClN6O4. The van der Waals surface area contributed by atoms with Gasteiger partial charge >= 0.3 is 0 Å². The number of anilines is 4. The molecule has 2 unspecified atom stereocenters. The van der Waals surface area contributed by atoms with Crippen LogP contribution in [0.2, 0.25) is 5.02 Å². The van der Waals surface area contributed by atoms with Crippen LogP contribution in [0.5, 0.6) is 5.75 Å². The topological polar surface area (TPSA) is 114 Å². The van der Waals surface area contributed by atoms with Crippen molar-refractivity contribution in [3.05, 3.63) is 39.8 Å². The molecule has 3 aliphatic heterocycles. The SMILES string of the molecule is Cn1c(=O)c2c(c3cc(Nc4nc(N5[C@@H]6COC[C@H]5CC(C)(O)C6)ncc4Cl)ccc31)NC(C1CC1)CCO2. The van der Waals surface area contributed by atoms with E-state index >= 15 is 0 Å². The standard InChI is InChI=1S/C28H33ClN6O4/c1-28(37)10-17-13-38-14-18(11-28)35(17)27-30-12-20(29)25(33-27)31-16-5-6-22-19(9-16)23-24(26(36)34(22)2)39-8-7-21(32-23)15-3-4-15/h5-6,9,12,15,17-18,21,32,37H,3-4,7-8,10-11,13-14H2,1-2H3,(H,30,31,33)/t17-,18+,21?,28?. The largest absolute Gasteiger partial charge is 0.486 e. The molecule has 2 aromatic heterocycles. The summed E-state index contributed by atoms with van der Waals surface area (Å²) >= 11 is 6.56. The fourth-order valence-electron chi connectivity index (χ4n) is 6.52. The molecule has 1 aromatic carbocycles. The number of halogens is 1. The number of pyridine rings is 1. The third-order valence-corrected chi connectivity index (χ3v) is 8.81. The van der Waals surface area contributed by atoms with Crippen molar-refractivity contribution in [2.75, 3.05) is 35.4 Å². The number of rotatable bonds is 4. The van der Waals surface area contributed by atoms with Gasteiger partial charge in [-0.1, -0.05) is 11.6 Å². The lowest BCUT2D eigenvalue weighted by molar-refractivity contribution is -0.0501. The summed E-state index contributed by atoms with van der Waals surface area (Å²) in [6.07, 6.45) is 6.08. The van der Waals surface area contributed by atoms with Crippen molar-refractivity contribution in [1.82, 2.24) is 14.5 Å². The lowest BCUT2D eigenvalue weighted by Gasteiger charge is -2.50. The zero-order valence-corrected chi connectivity index (χ0v) is 22.9. The van der Waals surface area contributed by atoms with Crippen molar-refractivity contribution in [3.63, 3.8) is 0 Å². The second kappa shape index (κ2) is 9.25. The summed E-state index contributed by atoms with van der Waals surface area (Å²) in [5.74, 6) is 2.06. The normalized spacial score (nSPS) is 28.3. The highest BCUT2D eigenvalue weighted by molar-refractivity contribution is 6.33. The minimum atomic E-state index is -0.734. The smallest absolute Gasteiger partial charge is 0.295 e. The van der Waals surface area contributed by atoms with Gasteiger partial charge in [-0.2, -0.15) is 4.98 Å². The van der Waals surface area contributed by atoms with Gasteiger partial charge in [-0.05, 0) is 56.7 Å². The molecule has 3 aromatic rings. The molecular weight excluding hydrogens is 520 g/mol. The quantitative estimate of drug-likeness (QED) is 0.444. The summed E-state index contributed by atoms with van der Waals surface area (Å²) in [5, 5.41) is 19.1. The predicted molar refractivity (Wildman–Crippen MR) is 150 cm³/mol. The molecule has 3 fully saturated rings. The van der Waals surface area contributed by atoms with Gasteiger partial charge < -0.3 is 34.7 Å². The van der Waals surface area contributed by atoms with Crippen LogP contribution < -0.4 is 25.8 Å². The number of aromatic nitrogens is 3. The number of aliphatic hydroxyl groups is 1. The first-order valence-corrected chi connectivity index (χ1v) is 14.1. The van der Waals surface area contributed by atoms with Crippen molar-refractivity contribution < 1.29 is 14.6 Å². The molecule has 1 saturated carbocycles. The molecule has 0 spiro atoms. The van der Waals surface area contributed by atoms with E-state index in [-0.39, 0.29) is 17.6 Å². The van der Waals surface area contributed by atoms with Gasteiger partial charge in [-0.15, -0.1) is 0 Å². The average Bonchev–Trinajstić information content (AvgIpc) is 3.74. The van der Waals surface area contributed by atoms with Gasteiger partial charge in [0.1, 0.15) is 5.02 Å². The molecule has 11 heteroatoms. The van der Waals surface area contributed by atoms with E-state index in [0.717, 1.165) is 28.7 Å². The van der Waals surface area contributed by atoms with Crippen LogP contribution in [0.4, 0.5) is 23.1 Å². The fraction of sp³-hybridized carbons (Fsp3) is 0.536. The van der Waals surface area contributed by atoms with E-state index in [1.807, 2.05) is 25.1 Å². The van der Waals surface area contributed by atoms with Gasteiger partial charge in [0.2, 0.25) is 11.7 Å². The fourth-order valence-corrected chi connectivity index (χ4v) is 6.66. The first-order chi connectivity index (χ1) is 18.8. The molecule has 39 heavy (non-hydrogen) atoms. The van der Waals surface area contributed by atoms with Crippen molar-refractivity contribution in [1.29, 1.82) is 0 Å². The Bertz CT molecular complexity index is 1490. The summed E-state index contributed by atoms with van der Waals surface area (Å²) in [6.45, 7) is 3.45. The number of fused-ring (bicyclic) bond motifs is 5. The summed E-state index contributed by atoms with van der Waals surface area (Å²) in [7, 11) is 1.77. The maximum atomic E-state index is 13.1. The lowest BCUT2D eigenvalue weighted by Crippen LogP contribution is -2.61. The third-order valence-electron chi connectivity index (χ3n) is 8.53. The summed E-state index contributed by atoms with van der Waals surface area (Å²) in [4.78, 5) is 24.7. The molecule has 206 valence electrons. The Morgan fingerprint density at radius 2 is 1.97 bits per heavy atom. The minimum Gasteiger partial charge on any atom is -0.486 e. The van der Waals surface area contributed by atoms with Crippen LogP contribution >= 0.6 is 11.6 Å². The zero-order valence-electron chi connectivity index (χ0n) is 22.1. The van der Waals surface area contributed by atoms with E-state index in [4.69, 9.17) is 26.1 Å². The predicted octanol–water partition coefficient (Wildman–Crippen LogP) is 3.82. The highest BCUT2D eigenvalue weighted by Gasteiger charge is 2.45. The second-order valence-corrected chi connectivity index (χ2v) is 12.1. The number of ether oxygens (including phenoxy) is 2. The summed E-state index contributed by atoms with van der Waals surface area (Å²) in [6, 6.07) is 6.14. The van der Waals surface area contributed by atoms with Crippen LogP contribution in [0.3, 0.4) is 0 Å². The van der Waals surface area contributed by atoms with Gasteiger partial charge in [0, 0.05) is 30.6 Å². The molecule has 3 N–H and O–H groups in total. The number of aryl methyl sites for hydroxylation is 1. The van der Waals surface area contributed by atoms with E-state index in [0.29, 0.717) is 67.2 Å². The van der Waals surface area contributed by atoms with Gasteiger partial charge in [0.05, 0.1) is 54.9 Å². The van der Waals surface area contributed by atoms with Crippen LogP contribution in [-0.2, 0) is 11.8 Å². The Labute approximate surface area is 231 Å². The number of benzene rings is 1. The van der Waals surface area contributed by atoms with E-state index in [1.54, 1.807) is 17.8 Å². The molecule has 4 aliphatic rings. The van der Waals surface area contributed by atoms with Gasteiger partial charge in [0.25, 0.3) is 5.56 Å². The number of hydrogen-bond acceptors (Lipinski definition) is 9. The van der Waals surface area contributed by atoms with Crippen LogP contribution in [0, 0.1) is 5.92 Å². The van der Waals surface area contributed by atoms with Gasteiger partial charge in [0.15, 0.2) is 5.82 Å². The molecule has 5 heterocycles. The molecule has 0 radical (unpaired) electrons. The van der Waals surface area contributed by atoms with Crippen molar-refractivity contribution in [3.8, 4) is 5.75 Å². The van der Waals surface area contributed by atoms with E-state index in [1.165, 1.54) is 12.8 Å². The summed E-state index contributed by atoms with van der Waals surface area (Å²) in [5.41, 5.74) is 1.49. The number of hydrogen-bond donors (Lipinski definition) is 3. The Kier molecular flexibility index (Phi) is 5.91. The summed E-state index contributed by atoms with van der Waals surface area (Å²) < 4.78 is 13.4. The van der Waals surface area contributed by atoms with Crippen molar-refractivity contribution >= 4 is 45.6 Å². The van der Waals surface area contributed by atoms with E-state index in [9.17, 15) is 9.90 Å². The molecule has 0 amide bonds. The maximum absolute atomic E-state index is 13.1. The molecule has 2 saturated heterocycles. The number of nitrogens with zero attached hydrogens (tertiary/aromatic N) is 4. The van der Waals surface area contributed by atoms with Gasteiger partial charge in [-0.3, -0.25) is 4.79 Å². The first-order valence-electron chi connectivity index (χ1n) is 13.7.